The first kappa shape index (κ1) is 12.6. The third-order valence-corrected chi connectivity index (χ3v) is 2.60. The maximum Gasteiger partial charge on any atom is 0.244 e. The van der Waals surface area contributed by atoms with Crippen molar-refractivity contribution in [2.45, 2.75) is 13.2 Å². The van der Waals surface area contributed by atoms with Crippen LogP contribution >= 0.6 is 11.6 Å². The van der Waals surface area contributed by atoms with Gasteiger partial charge in [-0.3, -0.25) is 4.79 Å². The Bertz CT molecular complexity index is 554. The number of amides is 1. The molecule has 0 unspecified atom stereocenters. The Morgan fingerprint density at radius 2 is 2.33 bits per heavy atom. The lowest BCUT2D eigenvalue weighted by Crippen LogP contribution is -2.19. The van der Waals surface area contributed by atoms with E-state index >= 15 is 0 Å². The highest BCUT2D eigenvalue weighted by Gasteiger charge is 2.07. The zero-order valence-corrected chi connectivity index (χ0v) is 10.3. The van der Waals surface area contributed by atoms with Gasteiger partial charge in [0.05, 0.1) is 0 Å². The topological polar surface area (TPSA) is 67.2 Å². The molecule has 1 amide bonds. The van der Waals surface area contributed by atoms with Gasteiger partial charge in [-0.1, -0.05) is 17.7 Å². The summed E-state index contributed by atoms with van der Waals surface area (Å²) in [6.45, 7) is -0.0974. The van der Waals surface area contributed by atoms with Crippen LogP contribution < -0.4 is 5.32 Å². The van der Waals surface area contributed by atoms with Crippen molar-refractivity contribution >= 4 is 23.2 Å². The Kier molecular flexibility index (Phi) is 3.96. The normalized spacial score (nSPS) is 10.3. The van der Waals surface area contributed by atoms with E-state index in [1.165, 1.54) is 6.20 Å². The number of halogens is 1. The van der Waals surface area contributed by atoms with Crippen molar-refractivity contribution in [3.05, 3.63) is 47.5 Å². The SMILES string of the molecule is O=C(Cn1ccnc1CO)Nc1cccc(Cl)c1. The first-order valence-electron chi connectivity index (χ1n) is 5.35. The number of aliphatic hydroxyl groups is 1. The van der Waals surface area contributed by atoms with Gasteiger partial charge in [-0.2, -0.15) is 0 Å². The Labute approximate surface area is 109 Å². The highest BCUT2D eigenvalue weighted by atomic mass is 35.5. The summed E-state index contributed by atoms with van der Waals surface area (Å²) >= 11 is 5.82. The molecule has 2 rings (SSSR count). The predicted molar refractivity (Wildman–Crippen MR) is 68.2 cm³/mol. The summed E-state index contributed by atoms with van der Waals surface area (Å²) in [5.41, 5.74) is 0.637. The van der Waals surface area contributed by atoms with Crippen molar-refractivity contribution in [1.82, 2.24) is 9.55 Å². The van der Waals surface area contributed by atoms with Crippen LogP contribution in [0.1, 0.15) is 5.82 Å². The monoisotopic (exact) mass is 265 g/mol. The Hall–Kier alpha value is -1.85. The average Bonchev–Trinajstić information content (AvgIpc) is 2.76. The van der Waals surface area contributed by atoms with Gasteiger partial charge in [0.25, 0.3) is 0 Å². The van der Waals surface area contributed by atoms with E-state index in [2.05, 4.69) is 10.3 Å². The molecule has 0 aliphatic rings. The maximum absolute atomic E-state index is 11.8. The van der Waals surface area contributed by atoms with Gasteiger partial charge in [0.15, 0.2) is 0 Å². The van der Waals surface area contributed by atoms with Gasteiger partial charge < -0.3 is 15.0 Å². The van der Waals surface area contributed by atoms with Crippen LogP contribution in [0.3, 0.4) is 0 Å². The first-order chi connectivity index (χ1) is 8.69. The molecule has 18 heavy (non-hydrogen) atoms. The summed E-state index contributed by atoms with van der Waals surface area (Å²) in [6, 6.07) is 6.91. The van der Waals surface area contributed by atoms with Crippen LogP contribution in [0, 0.1) is 0 Å². The van der Waals surface area contributed by atoms with Crippen LogP contribution in [-0.4, -0.2) is 20.6 Å². The highest BCUT2D eigenvalue weighted by molar-refractivity contribution is 6.30. The molecule has 0 fully saturated rings. The van der Waals surface area contributed by atoms with Crippen molar-refractivity contribution < 1.29 is 9.90 Å². The Morgan fingerprint density at radius 3 is 3.06 bits per heavy atom. The number of hydrogen-bond acceptors (Lipinski definition) is 3. The molecule has 1 aromatic heterocycles. The molecule has 94 valence electrons. The molecule has 2 aromatic rings. The molecule has 5 nitrogen and oxygen atoms in total. The van der Waals surface area contributed by atoms with Crippen LogP contribution in [0.5, 0.6) is 0 Å². The van der Waals surface area contributed by atoms with E-state index in [4.69, 9.17) is 16.7 Å². The molecule has 0 atom stereocenters. The minimum atomic E-state index is -0.204. The van der Waals surface area contributed by atoms with Gasteiger partial charge >= 0.3 is 0 Å². The van der Waals surface area contributed by atoms with Crippen LogP contribution in [0.25, 0.3) is 0 Å². The fourth-order valence-corrected chi connectivity index (χ4v) is 1.75. The molecule has 1 aromatic carbocycles. The van der Waals surface area contributed by atoms with Crippen LogP contribution in [0.15, 0.2) is 36.7 Å². The fraction of sp³-hybridized carbons (Fsp3) is 0.167. The summed E-state index contributed by atoms with van der Waals surface area (Å²) in [5, 5.41) is 12.3. The lowest BCUT2D eigenvalue weighted by atomic mass is 10.3. The number of carbonyl (C=O) groups excluding carboxylic acids is 1. The summed E-state index contributed by atoms with van der Waals surface area (Å²) in [5.74, 6) is 0.251. The standard InChI is InChI=1S/C12H12ClN3O2/c13-9-2-1-3-10(6-9)15-12(18)7-16-5-4-14-11(16)8-17/h1-6,17H,7-8H2,(H,15,18). The number of aromatic nitrogens is 2. The van der Waals surface area contributed by atoms with Gasteiger partial charge in [0, 0.05) is 23.1 Å². The molecule has 0 saturated carbocycles. The van der Waals surface area contributed by atoms with E-state index in [1.807, 2.05) is 0 Å². The van der Waals surface area contributed by atoms with Gasteiger partial charge in [-0.25, -0.2) is 4.98 Å². The summed E-state index contributed by atoms with van der Waals surface area (Å²) < 4.78 is 1.58. The summed E-state index contributed by atoms with van der Waals surface area (Å²) in [7, 11) is 0. The number of nitrogens with one attached hydrogen (secondary N) is 1. The quantitative estimate of drug-likeness (QED) is 0.884. The van der Waals surface area contributed by atoms with Gasteiger partial charge in [-0.05, 0) is 18.2 Å². The van der Waals surface area contributed by atoms with E-state index in [-0.39, 0.29) is 19.1 Å². The largest absolute Gasteiger partial charge is 0.388 e. The van der Waals surface area contributed by atoms with Gasteiger partial charge in [-0.15, -0.1) is 0 Å². The fourth-order valence-electron chi connectivity index (χ4n) is 1.56. The lowest BCUT2D eigenvalue weighted by molar-refractivity contribution is -0.116. The molecule has 0 aliphatic heterocycles. The van der Waals surface area contributed by atoms with E-state index in [9.17, 15) is 4.79 Å². The molecule has 0 spiro atoms. The minimum absolute atomic E-state index is 0.0996. The number of benzene rings is 1. The Morgan fingerprint density at radius 1 is 1.50 bits per heavy atom. The lowest BCUT2D eigenvalue weighted by Gasteiger charge is -2.07. The van der Waals surface area contributed by atoms with E-state index in [0.29, 0.717) is 16.5 Å². The Balaban J connectivity index is 2.01. The molecule has 0 radical (unpaired) electrons. The average molecular weight is 266 g/mol. The second-order valence-electron chi connectivity index (χ2n) is 3.69. The number of carbonyl (C=O) groups is 1. The predicted octanol–water partition coefficient (Wildman–Crippen LogP) is 1.67. The van der Waals surface area contributed by atoms with Gasteiger partial charge in [0.2, 0.25) is 5.91 Å². The molecule has 1 heterocycles. The summed E-state index contributed by atoms with van der Waals surface area (Å²) in [4.78, 5) is 15.7. The van der Waals surface area contributed by atoms with Crippen molar-refractivity contribution in [3.63, 3.8) is 0 Å². The number of aliphatic hydroxyl groups excluding tert-OH is 1. The highest BCUT2D eigenvalue weighted by Crippen LogP contribution is 2.14. The molecule has 0 aliphatic carbocycles. The van der Waals surface area contributed by atoms with E-state index in [0.717, 1.165) is 0 Å². The third-order valence-electron chi connectivity index (χ3n) is 2.37. The van der Waals surface area contributed by atoms with Crippen molar-refractivity contribution in [3.8, 4) is 0 Å². The van der Waals surface area contributed by atoms with Crippen LogP contribution in [0.4, 0.5) is 5.69 Å². The van der Waals surface area contributed by atoms with Crippen molar-refractivity contribution in [2.24, 2.45) is 0 Å². The molecule has 6 heteroatoms. The molecule has 2 N–H and O–H groups in total. The smallest absolute Gasteiger partial charge is 0.244 e. The number of anilines is 1. The third kappa shape index (κ3) is 3.09. The van der Waals surface area contributed by atoms with E-state index < -0.39 is 0 Å². The first-order valence-corrected chi connectivity index (χ1v) is 5.73. The second-order valence-corrected chi connectivity index (χ2v) is 4.12. The molecule has 0 saturated heterocycles. The number of nitrogens with zero attached hydrogens (tertiary/aromatic N) is 2. The van der Waals surface area contributed by atoms with Gasteiger partial charge in [0.1, 0.15) is 19.0 Å². The van der Waals surface area contributed by atoms with Crippen molar-refractivity contribution in [1.29, 1.82) is 0 Å². The second kappa shape index (κ2) is 5.66. The van der Waals surface area contributed by atoms with Crippen LogP contribution in [-0.2, 0) is 17.9 Å². The molecule has 0 bridgehead atoms. The minimum Gasteiger partial charge on any atom is -0.388 e. The zero-order valence-electron chi connectivity index (χ0n) is 9.51. The van der Waals surface area contributed by atoms with Crippen molar-refractivity contribution in [2.75, 3.05) is 5.32 Å². The molecular weight excluding hydrogens is 254 g/mol. The summed E-state index contributed by atoms with van der Waals surface area (Å²) in [6.07, 6.45) is 3.18. The van der Waals surface area contributed by atoms with Crippen LogP contribution in [0.2, 0.25) is 5.02 Å². The zero-order chi connectivity index (χ0) is 13.0. The maximum atomic E-state index is 11.8. The van der Waals surface area contributed by atoms with E-state index in [1.54, 1.807) is 35.0 Å². The number of rotatable bonds is 4. The molecular formula is C12H12ClN3O2. The number of hydrogen-bond donors (Lipinski definition) is 2. The number of imidazole rings is 1.